The molecule has 0 N–H and O–H groups in total. The Morgan fingerprint density at radius 2 is 1.82 bits per heavy atom. The zero-order valence-corrected chi connectivity index (χ0v) is 27.4. The number of pyridine rings is 1. The second kappa shape index (κ2) is 15.0. The quantitative estimate of drug-likeness (QED) is 0.0782. The molecule has 0 bridgehead atoms. The lowest BCUT2D eigenvalue weighted by molar-refractivity contribution is -0.320. The second-order valence-corrected chi connectivity index (χ2v) is 12.1. The summed E-state index contributed by atoms with van der Waals surface area (Å²) >= 11 is 11.0. The Bertz CT molecular complexity index is 1880. The third kappa shape index (κ3) is 7.01. The smallest absolute Gasteiger partial charge is 0.191 e. The van der Waals surface area contributed by atoms with Crippen LogP contribution in [0.5, 0.6) is 11.5 Å². The average Bonchev–Trinajstić information content (AvgIpc) is 3.11. The third-order valence-corrected chi connectivity index (χ3v) is 8.76. The van der Waals surface area contributed by atoms with Crippen molar-refractivity contribution in [1.82, 2.24) is 4.98 Å². The monoisotopic (exact) mass is 707 g/mol. The van der Waals surface area contributed by atoms with Crippen molar-refractivity contribution < 1.29 is 37.2 Å². The molecule has 1 aromatic heterocycles. The van der Waals surface area contributed by atoms with Crippen molar-refractivity contribution in [3.63, 3.8) is 0 Å². The summed E-state index contributed by atoms with van der Waals surface area (Å²) in [7, 11) is 1.53. The summed E-state index contributed by atoms with van der Waals surface area (Å²) < 4.78 is 65.9. The lowest BCUT2D eigenvalue weighted by Crippen LogP contribution is -2.66. The van der Waals surface area contributed by atoms with Gasteiger partial charge >= 0.3 is 0 Å². The molecule has 2 saturated heterocycles. The first-order valence-corrected chi connectivity index (χ1v) is 15.8. The van der Waals surface area contributed by atoms with E-state index >= 15 is 8.78 Å². The van der Waals surface area contributed by atoms with Gasteiger partial charge in [0.05, 0.1) is 25.3 Å². The van der Waals surface area contributed by atoms with Crippen LogP contribution in [-0.2, 0) is 37.7 Å². The molecule has 0 amide bonds. The fourth-order valence-electron chi connectivity index (χ4n) is 5.93. The predicted molar refractivity (Wildman–Crippen MR) is 175 cm³/mol. The molecule has 3 heterocycles. The Kier molecular flexibility index (Phi) is 10.5. The minimum atomic E-state index is -1.87. The molecular weight excluding hydrogens is 680 g/mol. The van der Waals surface area contributed by atoms with Crippen LogP contribution in [0.2, 0.25) is 5.02 Å². The zero-order chi connectivity index (χ0) is 34.5. The van der Waals surface area contributed by atoms with Gasteiger partial charge in [-0.1, -0.05) is 59.2 Å². The molecule has 0 spiro atoms. The summed E-state index contributed by atoms with van der Waals surface area (Å²) in [4.78, 5) is 7.32. The number of fused-ring (bicyclic) bond motifs is 1. The van der Waals surface area contributed by atoms with Crippen LogP contribution in [0.25, 0.3) is 10.4 Å². The number of rotatable bonds is 10. The maximum Gasteiger partial charge on any atom is 0.191 e. The van der Waals surface area contributed by atoms with E-state index in [1.165, 1.54) is 19.4 Å². The number of hydrogen-bond acceptors (Lipinski definition) is 10. The molecule has 6 atom stereocenters. The number of hydrogen-bond donors (Lipinski definition) is 1. The van der Waals surface area contributed by atoms with E-state index in [-0.39, 0.29) is 35.1 Å². The maximum atomic E-state index is 15.2. The Hall–Kier alpha value is -4.45. The summed E-state index contributed by atoms with van der Waals surface area (Å²) in [6, 6.07) is 21.5. The van der Waals surface area contributed by atoms with E-state index in [0.29, 0.717) is 16.9 Å². The molecule has 0 saturated carbocycles. The van der Waals surface area contributed by atoms with Gasteiger partial charge in [0.15, 0.2) is 23.7 Å². The lowest BCUT2D eigenvalue weighted by atomic mass is 9.75. The van der Waals surface area contributed by atoms with Gasteiger partial charge in [-0.3, -0.25) is 0 Å². The van der Waals surface area contributed by atoms with Gasteiger partial charge < -0.3 is 28.4 Å². The molecule has 2 aliphatic rings. The molecule has 4 aromatic rings. The number of ether oxygens (including phenoxy) is 6. The zero-order valence-electron chi connectivity index (χ0n) is 25.8. The number of nitriles is 1. The van der Waals surface area contributed by atoms with Crippen LogP contribution >= 0.6 is 24.2 Å². The van der Waals surface area contributed by atoms with E-state index in [4.69, 9.17) is 40.0 Å². The Labute approximate surface area is 290 Å². The Balaban J connectivity index is 1.33. The maximum absolute atomic E-state index is 15.2. The van der Waals surface area contributed by atoms with E-state index in [0.717, 1.165) is 12.1 Å². The van der Waals surface area contributed by atoms with Crippen LogP contribution < -0.4 is 9.47 Å². The third-order valence-electron chi connectivity index (χ3n) is 8.16. The first-order chi connectivity index (χ1) is 23.8. The van der Waals surface area contributed by atoms with Crippen LogP contribution in [0.1, 0.15) is 34.2 Å². The van der Waals surface area contributed by atoms with Crippen molar-refractivity contribution in [3.05, 3.63) is 134 Å². The second-order valence-electron chi connectivity index (χ2n) is 11.1. The summed E-state index contributed by atoms with van der Waals surface area (Å²) in [6.07, 6.45) is -2.91. The summed E-state index contributed by atoms with van der Waals surface area (Å²) in [6.45, 7) is -0.485. The van der Waals surface area contributed by atoms with E-state index in [1.807, 2.05) is 24.3 Å². The molecule has 0 aliphatic carbocycles. The van der Waals surface area contributed by atoms with E-state index in [9.17, 15) is 10.8 Å². The minimum Gasteiger partial charge on any atom is -0.497 e. The number of methoxy groups -OCH3 is 1. The van der Waals surface area contributed by atoms with E-state index in [1.54, 1.807) is 36.4 Å². The van der Waals surface area contributed by atoms with Crippen molar-refractivity contribution in [1.29, 1.82) is 5.26 Å². The number of thiol groups is 1. The number of nitrogens with zero attached hydrogens (tertiary/aromatic N) is 5. The van der Waals surface area contributed by atoms with Gasteiger partial charge in [0.25, 0.3) is 0 Å². The highest BCUT2D eigenvalue weighted by Crippen LogP contribution is 2.50. The van der Waals surface area contributed by atoms with Crippen LogP contribution in [0.15, 0.2) is 84.1 Å². The standard InChI is InChI=1S/C34H28ClF2N5O6S/c1-43-23-9-7-19(8-10-23)16-44-29-25(36)11-20(12-26(29)37)17-45-31-33(49)47-28-18-46-32(21-5-3-2-4-6-21)48-30(28)34(31,41-42-39)24-13-22(35)15-40-27(24)14-38/h2-13,15,28,30-33,49H,16-18H2,1H3/t28-,30+,31+,32?,33-,34?/m1/s1. The normalized spacial score (nSPS) is 24.6. The van der Waals surface area contributed by atoms with Gasteiger partial charge in [-0.05, 0) is 47.0 Å². The number of aromatic nitrogens is 1. The molecular formula is C34H28ClF2N5O6S. The molecule has 11 nitrogen and oxygen atoms in total. The highest BCUT2D eigenvalue weighted by Gasteiger charge is 2.61. The molecule has 2 fully saturated rings. The van der Waals surface area contributed by atoms with Gasteiger partial charge in [-0.2, -0.15) is 5.26 Å². The number of benzene rings is 3. The van der Waals surface area contributed by atoms with Gasteiger partial charge in [0, 0.05) is 22.2 Å². The largest absolute Gasteiger partial charge is 0.497 e. The molecule has 252 valence electrons. The van der Waals surface area contributed by atoms with Gasteiger partial charge in [0.1, 0.15) is 53.4 Å². The van der Waals surface area contributed by atoms with Crippen molar-refractivity contribution >= 4 is 24.2 Å². The van der Waals surface area contributed by atoms with Gasteiger partial charge in [-0.15, -0.1) is 12.6 Å². The summed E-state index contributed by atoms with van der Waals surface area (Å²) in [5, 5.41) is 14.5. The Morgan fingerprint density at radius 3 is 2.49 bits per heavy atom. The molecule has 6 rings (SSSR count). The lowest BCUT2D eigenvalue weighted by Gasteiger charge is -2.54. The van der Waals surface area contributed by atoms with Crippen molar-refractivity contribution in [2.24, 2.45) is 5.11 Å². The van der Waals surface area contributed by atoms with Crippen molar-refractivity contribution in [2.75, 3.05) is 13.7 Å². The van der Waals surface area contributed by atoms with Crippen molar-refractivity contribution in [2.45, 2.75) is 48.8 Å². The fraction of sp³-hybridized carbons (Fsp3) is 0.294. The number of azide groups is 1. The van der Waals surface area contributed by atoms with Gasteiger partial charge in [-0.25, -0.2) is 13.8 Å². The molecule has 0 radical (unpaired) electrons. The molecule has 49 heavy (non-hydrogen) atoms. The summed E-state index contributed by atoms with van der Waals surface area (Å²) in [5.41, 5.74) is 8.42. The van der Waals surface area contributed by atoms with Crippen LogP contribution in [0.4, 0.5) is 8.78 Å². The SMILES string of the molecule is COc1ccc(COc2c(F)cc(CO[C@H]3[C@@H](S)O[C@@H]4COC(c5ccccc5)O[C@@H]4C3(N=[N+]=[N-])c3cc(Cl)cnc3C#N)cc2F)cc1. The van der Waals surface area contributed by atoms with Gasteiger partial charge in [0.2, 0.25) is 0 Å². The number of halogens is 3. The molecule has 2 unspecified atom stereocenters. The fourth-order valence-corrected chi connectivity index (χ4v) is 6.56. The molecule has 15 heteroatoms. The first-order valence-electron chi connectivity index (χ1n) is 14.9. The topological polar surface area (TPSA) is 141 Å². The van der Waals surface area contributed by atoms with E-state index in [2.05, 4.69) is 27.6 Å². The highest BCUT2D eigenvalue weighted by molar-refractivity contribution is 7.80. The Morgan fingerprint density at radius 1 is 1.08 bits per heavy atom. The van der Waals surface area contributed by atoms with Crippen LogP contribution in [0, 0.1) is 23.0 Å². The molecule has 3 aromatic carbocycles. The predicted octanol–water partition coefficient (Wildman–Crippen LogP) is 7.33. The minimum absolute atomic E-state index is 0.000990. The highest BCUT2D eigenvalue weighted by atomic mass is 35.5. The summed E-state index contributed by atoms with van der Waals surface area (Å²) in [5.74, 6) is -1.85. The molecule has 2 aliphatic heterocycles. The average molecular weight is 708 g/mol. The van der Waals surface area contributed by atoms with E-state index < -0.39 is 59.6 Å². The van der Waals surface area contributed by atoms with Crippen LogP contribution in [-0.4, -0.2) is 42.4 Å². The van der Waals surface area contributed by atoms with Crippen molar-refractivity contribution in [3.8, 4) is 17.6 Å². The first kappa shape index (κ1) is 34.4. The van der Waals surface area contributed by atoms with Crippen LogP contribution in [0.3, 0.4) is 0 Å².